The fourth-order valence-corrected chi connectivity index (χ4v) is 1.99. The van der Waals surface area contributed by atoms with E-state index in [9.17, 15) is 5.11 Å². The van der Waals surface area contributed by atoms with Crippen LogP contribution in [0.25, 0.3) is 0 Å². The van der Waals surface area contributed by atoms with Crippen LogP contribution in [0.5, 0.6) is 0 Å². The van der Waals surface area contributed by atoms with Crippen LogP contribution < -0.4 is 0 Å². The first kappa shape index (κ1) is 9.75. The van der Waals surface area contributed by atoms with Gasteiger partial charge in [0.1, 0.15) is 0 Å². The molecule has 70 valence electrons. The van der Waals surface area contributed by atoms with Gasteiger partial charge in [-0.05, 0) is 18.3 Å². The lowest BCUT2D eigenvalue weighted by Gasteiger charge is -2.43. The summed E-state index contributed by atoms with van der Waals surface area (Å²) in [5.41, 5.74) is 0.858. The predicted octanol–water partition coefficient (Wildman–Crippen LogP) is 1.33. The fraction of sp³-hybridized carbons (Fsp3) is 0.800. The molecule has 0 aliphatic heterocycles. The Hall–Kier alpha value is -0.340. The van der Waals surface area contributed by atoms with Crippen molar-refractivity contribution in [3.63, 3.8) is 0 Å². The lowest BCUT2D eigenvalue weighted by atomic mass is 9.65. The maximum Gasteiger partial charge on any atom is 0.0600 e. The summed E-state index contributed by atoms with van der Waals surface area (Å²) in [5.74, 6) is 0.0567. The maximum atomic E-state index is 9.70. The SMILES string of the molecule is C=C1CC[C@@H](O)C(C)(C)[C@H]1CO. The van der Waals surface area contributed by atoms with Gasteiger partial charge in [0, 0.05) is 5.92 Å². The van der Waals surface area contributed by atoms with Gasteiger partial charge in [-0.1, -0.05) is 26.0 Å². The van der Waals surface area contributed by atoms with Crippen LogP contribution in [0.15, 0.2) is 12.2 Å². The van der Waals surface area contributed by atoms with Gasteiger partial charge < -0.3 is 10.2 Å². The van der Waals surface area contributed by atoms with Crippen molar-refractivity contribution in [1.82, 2.24) is 0 Å². The molecule has 0 aromatic rings. The number of hydrogen-bond donors (Lipinski definition) is 2. The summed E-state index contributed by atoms with van der Waals surface area (Å²) in [6.45, 7) is 8.00. The summed E-state index contributed by atoms with van der Waals surface area (Å²) in [4.78, 5) is 0. The van der Waals surface area contributed by atoms with Crippen LogP contribution in [0.4, 0.5) is 0 Å². The van der Waals surface area contributed by atoms with Crippen LogP contribution in [0.2, 0.25) is 0 Å². The minimum Gasteiger partial charge on any atom is -0.396 e. The quantitative estimate of drug-likeness (QED) is 0.583. The zero-order valence-corrected chi connectivity index (χ0v) is 7.88. The van der Waals surface area contributed by atoms with Gasteiger partial charge in [0.05, 0.1) is 12.7 Å². The second-order valence-electron chi connectivity index (χ2n) is 4.27. The molecule has 1 aliphatic carbocycles. The third kappa shape index (κ3) is 1.41. The van der Waals surface area contributed by atoms with Crippen molar-refractivity contribution in [2.75, 3.05) is 6.61 Å². The Kier molecular flexibility index (Phi) is 2.59. The van der Waals surface area contributed by atoms with Crippen LogP contribution in [0, 0.1) is 11.3 Å². The molecule has 2 nitrogen and oxygen atoms in total. The van der Waals surface area contributed by atoms with Crippen molar-refractivity contribution in [2.24, 2.45) is 11.3 Å². The number of hydrogen-bond acceptors (Lipinski definition) is 2. The van der Waals surface area contributed by atoms with Gasteiger partial charge >= 0.3 is 0 Å². The Morgan fingerprint density at radius 1 is 1.58 bits per heavy atom. The van der Waals surface area contributed by atoms with Crippen molar-refractivity contribution >= 4 is 0 Å². The largest absolute Gasteiger partial charge is 0.396 e. The van der Waals surface area contributed by atoms with Crippen molar-refractivity contribution in [1.29, 1.82) is 0 Å². The average molecular weight is 170 g/mol. The summed E-state index contributed by atoms with van der Waals surface area (Å²) >= 11 is 0. The maximum absolute atomic E-state index is 9.70. The van der Waals surface area contributed by atoms with Crippen molar-refractivity contribution in [3.8, 4) is 0 Å². The van der Waals surface area contributed by atoms with E-state index in [-0.39, 0.29) is 24.0 Å². The summed E-state index contributed by atoms with van der Waals surface area (Å²) in [6.07, 6.45) is 1.32. The first-order chi connectivity index (χ1) is 5.50. The highest BCUT2D eigenvalue weighted by molar-refractivity contribution is 5.11. The van der Waals surface area contributed by atoms with Crippen molar-refractivity contribution in [2.45, 2.75) is 32.8 Å². The van der Waals surface area contributed by atoms with E-state index in [1.807, 2.05) is 13.8 Å². The van der Waals surface area contributed by atoms with Gasteiger partial charge in [-0.2, -0.15) is 0 Å². The molecule has 2 N–H and O–H groups in total. The van der Waals surface area contributed by atoms with E-state index in [4.69, 9.17) is 5.11 Å². The molecule has 0 amide bonds. The highest BCUT2D eigenvalue weighted by Gasteiger charge is 2.40. The van der Waals surface area contributed by atoms with E-state index in [0.717, 1.165) is 18.4 Å². The molecule has 2 atom stereocenters. The molecular weight excluding hydrogens is 152 g/mol. The molecule has 0 saturated heterocycles. The first-order valence-corrected chi connectivity index (χ1v) is 4.46. The smallest absolute Gasteiger partial charge is 0.0600 e. The van der Waals surface area contributed by atoms with Crippen LogP contribution in [-0.2, 0) is 0 Å². The molecule has 1 saturated carbocycles. The minimum atomic E-state index is -0.305. The molecule has 1 fully saturated rings. The van der Waals surface area contributed by atoms with Crippen LogP contribution in [0.1, 0.15) is 26.7 Å². The predicted molar refractivity (Wildman–Crippen MR) is 48.7 cm³/mol. The van der Waals surface area contributed by atoms with Gasteiger partial charge in [-0.3, -0.25) is 0 Å². The Balaban J connectivity index is 2.83. The third-order valence-corrected chi connectivity index (χ3v) is 3.17. The Morgan fingerprint density at radius 3 is 2.58 bits per heavy atom. The Bertz CT molecular complexity index is 184. The van der Waals surface area contributed by atoms with Crippen molar-refractivity contribution in [3.05, 3.63) is 12.2 Å². The third-order valence-electron chi connectivity index (χ3n) is 3.17. The summed E-state index contributed by atoms with van der Waals surface area (Å²) < 4.78 is 0. The highest BCUT2D eigenvalue weighted by Crippen LogP contribution is 2.42. The topological polar surface area (TPSA) is 40.5 Å². The zero-order chi connectivity index (χ0) is 9.35. The molecule has 0 aromatic carbocycles. The molecule has 2 heteroatoms. The lowest BCUT2D eigenvalue weighted by molar-refractivity contribution is -0.0233. The molecule has 0 spiro atoms. The molecule has 1 rings (SSSR count). The minimum absolute atomic E-state index is 0.0567. The number of aliphatic hydroxyl groups excluding tert-OH is 2. The van der Waals surface area contributed by atoms with E-state index in [0.29, 0.717) is 0 Å². The first-order valence-electron chi connectivity index (χ1n) is 4.46. The second kappa shape index (κ2) is 3.19. The van der Waals surface area contributed by atoms with Gasteiger partial charge in [-0.15, -0.1) is 0 Å². The van der Waals surface area contributed by atoms with Gasteiger partial charge in [0.2, 0.25) is 0 Å². The zero-order valence-electron chi connectivity index (χ0n) is 7.88. The van der Waals surface area contributed by atoms with E-state index < -0.39 is 0 Å². The molecule has 0 aromatic heterocycles. The van der Waals surface area contributed by atoms with Gasteiger partial charge in [0.25, 0.3) is 0 Å². The highest BCUT2D eigenvalue weighted by atomic mass is 16.3. The average Bonchev–Trinajstić information content (AvgIpc) is 1.98. The fourth-order valence-electron chi connectivity index (χ4n) is 1.99. The Morgan fingerprint density at radius 2 is 2.17 bits per heavy atom. The molecule has 12 heavy (non-hydrogen) atoms. The van der Waals surface area contributed by atoms with E-state index >= 15 is 0 Å². The number of aliphatic hydroxyl groups is 2. The molecule has 0 radical (unpaired) electrons. The normalized spacial score (nSPS) is 35.2. The molecule has 1 aliphatic rings. The van der Waals surface area contributed by atoms with Crippen LogP contribution >= 0.6 is 0 Å². The van der Waals surface area contributed by atoms with Crippen molar-refractivity contribution < 1.29 is 10.2 Å². The molecule has 0 unspecified atom stereocenters. The van der Waals surface area contributed by atoms with Gasteiger partial charge in [-0.25, -0.2) is 0 Å². The van der Waals surface area contributed by atoms with E-state index in [2.05, 4.69) is 6.58 Å². The monoisotopic (exact) mass is 170 g/mol. The second-order valence-corrected chi connectivity index (χ2v) is 4.27. The summed E-state index contributed by atoms with van der Waals surface area (Å²) in [7, 11) is 0. The summed E-state index contributed by atoms with van der Waals surface area (Å²) in [5, 5.41) is 18.8. The number of rotatable bonds is 1. The standard InChI is InChI=1S/C10H18O2/c1-7-4-5-9(12)10(2,3)8(7)6-11/h8-9,11-12H,1,4-6H2,2-3H3/t8-,9+/m0/s1. The van der Waals surface area contributed by atoms with Gasteiger partial charge in [0.15, 0.2) is 0 Å². The van der Waals surface area contributed by atoms with E-state index in [1.165, 1.54) is 0 Å². The van der Waals surface area contributed by atoms with Crippen LogP contribution in [-0.4, -0.2) is 22.9 Å². The van der Waals surface area contributed by atoms with E-state index in [1.54, 1.807) is 0 Å². The Labute approximate surface area is 73.9 Å². The van der Waals surface area contributed by atoms with Crippen LogP contribution in [0.3, 0.4) is 0 Å². The molecule has 0 heterocycles. The summed E-state index contributed by atoms with van der Waals surface area (Å²) in [6, 6.07) is 0. The molecule has 0 bridgehead atoms. The molecular formula is C10H18O2. The lowest BCUT2D eigenvalue weighted by Crippen LogP contribution is -2.42.